The van der Waals surface area contributed by atoms with Crippen LogP contribution in [0, 0.1) is 0 Å². The van der Waals surface area contributed by atoms with Crippen LogP contribution in [0.15, 0.2) is 0 Å². The molecule has 0 radical (unpaired) electrons. The third kappa shape index (κ3) is 7.12. The van der Waals surface area contributed by atoms with Crippen molar-refractivity contribution in [3.8, 4) is 0 Å². The zero-order chi connectivity index (χ0) is 8.69. The summed E-state index contributed by atoms with van der Waals surface area (Å²) in [5, 5.41) is 10.4. The number of carbonyl (C=O) groups is 1. The van der Waals surface area contributed by atoms with E-state index in [1.807, 2.05) is 0 Å². The summed E-state index contributed by atoms with van der Waals surface area (Å²) in [6, 6.07) is 0. The zero-order valence-corrected chi connectivity index (χ0v) is 6.84. The lowest BCUT2D eigenvalue weighted by molar-refractivity contribution is 0.189. The van der Waals surface area contributed by atoms with Crippen molar-refractivity contribution in [1.29, 1.82) is 0 Å². The van der Waals surface area contributed by atoms with E-state index in [0.717, 1.165) is 25.7 Å². The van der Waals surface area contributed by atoms with Crippen LogP contribution in [-0.2, 0) is 0 Å². The van der Waals surface area contributed by atoms with Gasteiger partial charge in [-0.25, -0.2) is 4.79 Å². The summed E-state index contributed by atoms with van der Waals surface area (Å²) in [7, 11) is 0. The number of hydrogen-bond acceptors (Lipinski definition) is 2. The van der Waals surface area contributed by atoms with Crippen LogP contribution in [0.3, 0.4) is 0 Å². The second-order valence-corrected chi connectivity index (χ2v) is 2.55. The summed E-state index contributed by atoms with van der Waals surface area (Å²) in [5.74, 6) is 0. The van der Waals surface area contributed by atoms with E-state index in [9.17, 15) is 4.79 Å². The second kappa shape index (κ2) is 5.97. The number of unbranched alkanes of at least 4 members (excludes halogenated alkanes) is 2. The monoisotopic (exact) mass is 160 g/mol. The predicted molar refractivity (Wildman–Crippen MR) is 43.3 cm³/mol. The van der Waals surface area contributed by atoms with Gasteiger partial charge in [-0.2, -0.15) is 0 Å². The molecule has 0 bridgehead atoms. The first-order chi connectivity index (χ1) is 5.16. The molecule has 0 heterocycles. The molecule has 0 aromatic carbocycles. The van der Waals surface area contributed by atoms with Gasteiger partial charge in [0.25, 0.3) is 0 Å². The fraction of sp³-hybridized carbons (Fsp3) is 0.857. The lowest BCUT2D eigenvalue weighted by Gasteiger charge is -2.09. The zero-order valence-electron chi connectivity index (χ0n) is 6.84. The van der Waals surface area contributed by atoms with Crippen LogP contribution in [0.1, 0.15) is 32.6 Å². The third-order valence-electron chi connectivity index (χ3n) is 1.43. The number of amides is 1. The average molecular weight is 160 g/mol. The average Bonchev–Trinajstić information content (AvgIpc) is 1.86. The summed E-state index contributed by atoms with van der Waals surface area (Å²) in [4.78, 5) is 10.1. The highest BCUT2D eigenvalue weighted by Gasteiger charge is 2.03. The van der Waals surface area contributed by atoms with Crippen molar-refractivity contribution in [2.45, 2.75) is 38.8 Å². The minimum atomic E-state index is -1.05. The Labute approximate surface area is 66.8 Å². The van der Waals surface area contributed by atoms with Crippen LogP contribution >= 0.6 is 0 Å². The van der Waals surface area contributed by atoms with Gasteiger partial charge in [-0.3, -0.25) is 0 Å². The van der Waals surface area contributed by atoms with E-state index in [1.54, 1.807) is 0 Å². The molecule has 0 aromatic heterocycles. The molecule has 4 heteroatoms. The van der Waals surface area contributed by atoms with Gasteiger partial charge in [0.15, 0.2) is 0 Å². The van der Waals surface area contributed by atoms with Crippen molar-refractivity contribution < 1.29 is 9.90 Å². The largest absolute Gasteiger partial charge is 0.465 e. The summed E-state index contributed by atoms with van der Waals surface area (Å²) in [5.41, 5.74) is 5.42. The van der Waals surface area contributed by atoms with Gasteiger partial charge in [-0.1, -0.05) is 26.2 Å². The molecule has 0 aromatic rings. The SMILES string of the molecule is CCCCCC(N)NC(=O)O. The molecule has 0 aliphatic rings. The van der Waals surface area contributed by atoms with Gasteiger partial charge in [0.1, 0.15) is 0 Å². The number of nitrogens with two attached hydrogens (primary N) is 1. The minimum Gasteiger partial charge on any atom is -0.465 e. The Morgan fingerprint density at radius 3 is 2.73 bits per heavy atom. The maximum Gasteiger partial charge on any atom is 0.405 e. The highest BCUT2D eigenvalue weighted by atomic mass is 16.4. The standard InChI is InChI=1S/C7H16N2O2/c1-2-3-4-5-6(8)9-7(10)11/h6,9H,2-5,8H2,1H3,(H,10,11). The fourth-order valence-electron chi connectivity index (χ4n) is 0.845. The molecule has 0 rings (SSSR count). The van der Waals surface area contributed by atoms with E-state index in [0.29, 0.717) is 0 Å². The first-order valence-electron chi connectivity index (χ1n) is 3.92. The first kappa shape index (κ1) is 10.2. The second-order valence-electron chi connectivity index (χ2n) is 2.55. The fourth-order valence-corrected chi connectivity index (χ4v) is 0.845. The van der Waals surface area contributed by atoms with Gasteiger partial charge in [0.2, 0.25) is 0 Å². The van der Waals surface area contributed by atoms with Crippen molar-refractivity contribution in [3.05, 3.63) is 0 Å². The Morgan fingerprint density at radius 2 is 2.27 bits per heavy atom. The van der Waals surface area contributed by atoms with E-state index in [2.05, 4.69) is 12.2 Å². The maximum atomic E-state index is 10.1. The topological polar surface area (TPSA) is 75.3 Å². The van der Waals surface area contributed by atoms with E-state index < -0.39 is 12.3 Å². The highest BCUT2D eigenvalue weighted by molar-refractivity contribution is 5.64. The van der Waals surface area contributed by atoms with Crippen molar-refractivity contribution in [2.75, 3.05) is 0 Å². The summed E-state index contributed by atoms with van der Waals surface area (Å²) < 4.78 is 0. The van der Waals surface area contributed by atoms with E-state index in [4.69, 9.17) is 10.8 Å². The molecule has 4 nitrogen and oxygen atoms in total. The molecule has 1 unspecified atom stereocenters. The van der Waals surface area contributed by atoms with Crippen LogP contribution < -0.4 is 11.1 Å². The Kier molecular flexibility index (Phi) is 5.56. The molecule has 1 atom stereocenters. The first-order valence-corrected chi connectivity index (χ1v) is 3.92. The normalized spacial score (nSPS) is 12.5. The molecule has 0 spiro atoms. The number of hydrogen-bond donors (Lipinski definition) is 3. The smallest absolute Gasteiger partial charge is 0.405 e. The Bertz CT molecular complexity index is 117. The third-order valence-corrected chi connectivity index (χ3v) is 1.43. The number of carboxylic acid groups (broad SMARTS) is 1. The van der Waals surface area contributed by atoms with E-state index in [1.165, 1.54) is 0 Å². The van der Waals surface area contributed by atoms with Crippen LogP contribution in [-0.4, -0.2) is 17.4 Å². The molecule has 0 saturated carbocycles. The molecular weight excluding hydrogens is 144 g/mol. The summed E-state index contributed by atoms with van der Waals surface area (Å²) in [6.45, 7) is 2.09. The molecule has 4 N–H and O–H groups in total. The van der Waals surface area contributed by atoms with Crippen molar-refractivity contribution in [3.63, 3.8) is 0 Å². The predicted octanol–water partition coefficient (Wildman–Crippen LogP) is 1.12. The van der Waals surface area contributed by atoms with Crippen LogP contribution in [0.25, 0.3) is 0 Å². The van der Waals surface area contributed by atoms with E-state index in [-0.39, 0.29) is 0 Å². The number of nitrogens with one attached hydrogen (secondary N) is 1. The van der Waals surface area contributed by atoms with Gasteiger partial charge in [-0.05, 0) is 6.42 Å². The Morgan fingerprint density at radius 1 is 1.64 bits per heavy atom. The summed E-state index contributed by atoms with van der Waals surface area (Å²) >= 11 is 0. The van der Waals surface area contributed by atoms with Crippen LogP contribution in [0.4, 0.5) is 4.79 Å². The molecule has 0 aliphatic carbocycles. The van der Waals surface area contributed by atoms with Gasteiger partial charge in [0.05, 0.1) is 6.17 Å². The van der Waals surface area contributed by atoms with Crippen LogP contribution in [0.2, 0.25) is 0 Å². The van der Waals surface area contributed by atoms with Gasteiger partial charge < -0.3 is 16.2 Å². The maximum absolute atomic E-state index is 10.1. The quantitative estimate of drug-likeness (QED) is 0.416. The van der Waals surface area contributed by atoms with Crippen molar-refractivity contribution in [2.24, 2.45) is 5.73 Å². The van der Waals surface area contributed by atoms with Crippen LogP contribution in [0.5, 0.6) is 0 Å². The Balaban J connectivity index is 3.22. The number of rotatable bonds is 5. The minimum absolute atomic E-state index is 0.404. The summed E-state index contributed by atoms with van der Waals surface area (Å²) in [6.07, 6.45) is 2.49. The molecule has 66 valence electrons. The molecule has 0 fully saturated rings. The molecular formula is C7H16N2O2. The van der Waals surface area contributed by atoms with E-state index >= 15 is 0 Å². The molecule has 1 amide bonds. The lowest BCUT2D eigenvalue weighted by Crippen LogP contribution is -2.40. The molecule has 0 aliphatic heterocycles. The molecule has 0 saturated heterocycles. The lowest BCUT2D eigenvalue weighted by atomic mass is 10.2. The Hall–Kier alpha value is -0.770. The highest BCUT2D eigenvalue weighted by Crippen LogP contribution is 1.99. The van der Waals surface area contributed by atoms with Crippen molar-refractivity contribution >= 4 is 6.09 Å². The van der Waals surface area contributed by atoms with Gasteiger partial charge in [0, 0.05) is 0 Å². The molecule has 11 heavy (non-hydrogen) atoms. The van der Waals surface area contributed by atoms with Gasteiger partial charge in [-0.15, -0.1) is 0 Å². The van der Waals surface area contributed by atoms with Crippen molar-refractivity contribution in [1.82, 2.24) is 5.32 Å². The van der Waals surface area contributed by atoms with Gasteiger partial charge >= 0.3 is 6.09 Å².